The number of benzene rings is 1. The van der Waals surface area contributed by atoms with Gasteiger partial charge in [0.1, 0.15) is 11.9 Å². The molecule has 1 atom stereocenters. The molecular weight excluding hydrogens is 285 g/mol. The number of carbonyl (C=O) groups is 1. The van der Waals surface area contributed by atoms with E-state index in [4.69, 9.17) is 28.9 Å². The molecule has 1 fully saturated rings. The number of rotatable bonds is 3. The van der Waals surface area contributed by atoms with E-state index in [-0.39, 0.29) is 11.9 Å². The number of aliphatic imine (C=N–C) groups is 1. The maximum Gasteiger partial charge on any atom is 0.346 e. The summed E-state index contributed by atoms with van der Waals surface area (Å²) in [5.41, 5.74) is 6.56. The van der Waals surface area contributed by atoms with Crippen molar-refractivity contribution in [2.24, 2.45) is 16.6 Å². The Hall–Kier alpha value is -1.26. The second kappa shape index (κ2) is 4.69. The number of hydrogen-bond acceptors (Lipinski definition) is 2. The van der Waals surface area contributed by atoms with Gasteiger partial charge in [0.15, 0.2) is 0 Å². The summed E-state index contributed by atoms with van der Waals surface area (Å²) < 4.78 is 0. The lowest BCUT2D eigenvalue weighted by Gasteiger charge is -2.25. The summed E-state index contributed by atoms with van der Waals surface area (Å²) in [4.78, 5) is 17.4. The van der Waals surface area contributed by atoms with Crippen molar-refractivity contribution in [1.82, 2.24) is 4.90 Å². The highest BCUT2D eigenvalue weighted by atomic mass is 35.5. The Labute approximate surface area is 121 Å². The highest BCUT2D eigenvalue weighted by molar-refractivity contribution is 6.36. The third-order valence-electron chi connectivity index (χ3n) is 3.49. The van der Waals surface area contributed by atoms with Gasteiger partial charge in [0.2, 0.25) is 0 Å². The van der Waals surface area contributed by atoms with Crippen LogP contribution in [0.15, 0.2) is 23.2 Å². The highest BCUT2D eigenvalue weighted by Crippen LogP contribution is 2.39. The van der Waals surface area contributed by atoms with E-state index in [1.54, 1.807) is 23.1 Å². The van der Waals surface area contributed by atoms with Crippen molar-refractivity contribution in [1.29, 1.82) is 0 Å². The van der Waals surface area contributed by atoms with E-state index in [0.29, 0.717) is 28.1 Å². The van der Waals surface area contributed by atoms with Crippen LogP contribution in [0.2, 0.25) is 10.0 Å². The zero-order valence-electron chi connectivity index (χ0n) is 10.1. The fourth-order valence-electron chi connectivity index (χ4n) is 2.34. The van der Waals surface area contributed by atoms with E-state index in [9.17, 15) is 4.79 Å². The molecule has 1 unspecified atom stereocenters. The van der Waals surface area contributed by atoms with Gasteiger partial charge in [-0.25, -0.2) is 4.79 Å². The number of halogens is 2. The second-order valence-corrected chi connectivity index (χ2v) is 5.77. The number of nitrogens with two attached hydrogens (primary N) is 1. The molecule has 0 spiro atoms. The van der Waals surface area contributed by atoms with E-state index >= 15 is 0 Å². The lowest BCUT2D eigenvalue weighted by molar-refractivity contribution is 0.204. The molecule has 6 heteroatoms. The van der Waals surface area contributed by atoms with E-state index in [2.05, 4.69) is 4.99 Å². The van der Waals surface area contributed by atoms with Gasteiger partial charge in [0, 0.05) is 22.2 Å². The van der Waals surface area contributed by atoms with Crippen LogP contribution in [0, 0.1) is 5.92 Å². The molecule has 1 aliphatic heterocycles. The number of nitrogens with zero attached hydrogens (tertiary/aromatic N) is 2. The third kappa shape index (κ3) is 2.30. The molecule has 1 aromatic rings. The maximum atomic E-state index is 11.9. The van der Waals surface area contributed by atoms with E-state index in [0.717, 1.165) is 12.8 Å². The highest BCUT2D eigenvalue weighted by Gasteiger charge is 2.39. The quantitative estimate of drug-likeness (QED) is 0.931. The Morgan fingerprint density at radius 3 is 2.53 bits per heavy atom. The summed E-state index contributed by atoms with van der Waals surface area (Å²) in [6.45, 7) is 0.662. The first kappa shape index (κ1) is 12.8. The van der Waals surface area contributed by atoms with Crippen LogP contribution >= 0.6 is 23.2 Å². The van der Waals surface area contributed by atoms with Gasteiger partial charge in [-0.15, -0.1) is 0 Å². The minimum absolute atomic E-state index is 0.264. The molecule has 3 rings (SSSR count). The summed E-state index contributed by atoms with van der Waals surface area (Å²) in [7, 11) is 0. The molecule has 2 aliphatic rings. The normalized spacial score (nSPS) is 22.8. The topological polar surface area (TPSA) is 58.7 Å². The van der Waals surface area contributed by atoms with Crippen LogP contribution in [-0.2, 0) is 0 Å². The fraction of sp³-hybridized carbons (Fsp3) is 0.385. The van der Waals surface area contributed by atoms with Gasteiger partial charge in [-0.2, -0.15) is 4.99 Å². The van der Waals surface area contributed by atoms with Crippen molar-refractivity contribution in [3.63, 3.8) is 0 Å². The Morgan fingerprint density at radius 1 is 1.32 bits per heavy atom. The summed E-state index contributed by atoms with van der Waals surface area (Å²) in [5, 5.41) is 1.01. The Bertz CT molecular complexity index is 549. The van der Waals surface area contributed by atoms with Crippen molar-refractivity contribution in [3.05, 3.63) is 33.8 Å². The molecule has 0 saturated heterocycles. The van der Waals surface area contributed by atoms with Crippen molar-refractivity contribution in [3.8, 4) is 0 Å². The molecule has 0 aromatic heterocycles. The third-order valence-corrected chi connectivity index (χ3v) is 4.15. The molecule has 100 valence electrons. The van der Waals surface area contributed by atoms with Crippen LogP contribution in [0.3, 0.4) is 0 Å². The van der Waals surface area contributed by atoms with Crippen LogP contribution in [-0.4, -0.2) is 23.3 Å². The molecule has 1 saturated carbocycles. The number of hydrogen-bond donors (Lipinski definition) is 1. The molecule has 0 bridgehead atoms. The SMILES string of the molecule is NC1=NC(=O)N(CC2CC2)C1c1c(Cl)cccc1Cl. The number of carbonyl (C=O) groups excluding carboxylic acids is 1. The first-order valence-electron chi connectivity index (χ1n) is 6.16. The van der Waals surface area contributed by atoms with E-state index < -0.39 is 6.04 Å². The van der Waals surface area contributed by atoms with Crippen molar-refractivity contribution in [2.75, 3.05) is 6.54 Å². The Morgan fingerprint density at radius 2 is 1.95 bits per heavy atom. The van der Waals surface area contributed by atoms with Gasteiger partial charge in [-0.3, -0.25) is 0 Å². The standard InChI is InChI=1S/C13H13Cl2N3O/c14-8-2-1-3-9(15)10(8)11-12(16)17-13(19)18(11)6-7-4-5-7/h1-3,7,11H,4-6H2,(H2,16,17,19). The number of amides is 2. The molecule has 4 nitrogen and oxygen atoms in total. The smallest absolute Gasteiger partial charge is 0.346 e. The predicted molar refractivity (Wildman–Crippen MR) is 75.7 cm³/mol. The molecule has 2 N–H and O–H groups in total. The van der Waals surface area contributed by atoms with Gasteiger partial charge in [0.25, 0.3) is 0 Å². The zero-order valence-corrected chi connectivity index (χ0v) is 11.7. The molecule has 2 amide bonds. The molecule has 0 radical (unpaired) electrons. The maximum absolute atomic E-state index is 11.9. The van der Waals surface area contributed by atoms with Crippen LogP contribution in [0.1, 0.15) is 24.4 Å². The van der Waals surface area contributed by atoms with Crippen LogP contribution < -0.4 is 5.73 Å². The Kier molecular flexibility index (Phi) is 3.15. The molecule has 1 aliphatic carbocycles. The molecule has 1 aromatic carbocycles. The average molecular weight is 298 g/mol. The molecule has 19 heavy (non-hydrogen) atoms. The van der Waals surface area contributed by atoms with Crippen LogP contribution in [0.5, 0.6) is 0 Å². The van der Waals surface area contributed by atoms with Gasteiger partial charge < -0.3 is 10.6 Å². The van der Waals surface area contributed by atoms with E-state index in [1.807, 2.05) is 0 Å². The largest absolute Gasteiger partial charge is 0.385 e. The van der Waals surface area contributed by atoms with Gasteiger partial charge in [-0.1, -0.05) is 29.3 Å². The minimum atomic E-state index is -0.436. The summed E-state index contributed by atoms with van der Waals surface area (Å²) in [6.07, 6.45) is 2.29. The summed E-state index contributed by atoms with van der Waals surface area (Å²) in [5.74, 6) is 0.814. The average Bonchev–Trinajstić information content (AvgIpc) is 3.10. The number of amidine groups is 1. The summed E-state index contributed by atoms with van der Waals surface area (Å²) in [6, 6.07) is 4.52. The van der Waals surface area contributed by atoms with Crippen molar-refractivity contribution < 1.29 is 4.79 Å². The zero-order chi connectivity index (χ0) is 13.6. The lowest BCUT2D eigenvalue weighted by atomic mass is 10.0. The van der Waals surface area contributed by atoms with Crippen molar-refractivity contribution in [2.45, 2.75) is 18.9 Å². The van der Waals surface area contributed by atoms with E-state index in [1.165, 1.54) is 0 Å². The minimum Gasteiger partial charge on any atom is -0.385 e. The fourth-order valence-corrected chi connectivity index (χ4v) is 2.95. The Balaban J connectivity index is 2.00. The van der Waals surface area contributed by atoms with Gasteiger partial charge >= 0.3 is 6.03 Å². The first-order valence-corrected chi connectivity index (χ1v) is 6.92. The molecular formula is C13H13Cl2N3O. The molecule has 1 heterocycles. The van der Waals surface area contributed by atoms with Gasteiger partial charge in [0.05, 0.1) is 0 Å². The lowest BCUT2D eigenvalue weighted by Crippen LogP contribution is -2.35. The number of urea groups is 1. The van der Waals surface area contributed by atoms with Crippen LogP contribution in [0.25, 0.3) is 0 Å². The predicted octanol–water partition coefficient (Wildman–Crippen LogP) is 3.24. The van der Waals surface area contributed by atoms with Gasteiger partial charge in [-0.05, 0) is 30.9 Å². The van der Waals surface area contributed by atoms with Crippen LogP contribution in [0.4, 0.5) is 4.79 Å². The first-order chi connectivity index (χ1) is 9.08. The monoisotopic (exact) mass is 297 g/mol. The second-order valence-electron chi connectivity index (χ2n) is 4.95. The van der Waals surface area contributed by atoms with Crippen molar-refractivity contribution >= 4 is 35.1 Å². The summed E-state index contributed by atoms with van der Waals surface area (Å²) >= 11 is 12.4.